The molecule has 1 saturated heterocycles. The molecule has 0 bridgehead atoms. The minimum absolute atomic E-state index is 0.0110. The van der Waals surface area contributed by atoms with E-state index >= 15 is 0 Å². The Morgan fingerprint density at radius 3 is 2.17 bits per heavy atom. The Morgan fingerprint density at radius 2 is 1.59 bits per heavy atom. The summed E-state index contributed by atoms with van der Waals surface area (Å²) in [7, 11) is 0. The summed E-state index contributed by atoms with van der Waals surface area (Å²) in [4.78, 5) is 25.4. The van der Waals surface area contributed by atoms with E-state index in [2.05, 4.69) is 10.2 Å². The van der Waals surface area contributed by atoms with Crippen molar-refractivity contribution >= 4 is 11.9 Å². The Labute approximate surface area is 166 Å². The van der Waals surface area contributed by atoms with E-state index < -0.39 is 12.0 Å². The Bertz CT molecular complexity index is 1030. The molecule has 0 spiro atoms. The number of aromatic nitrogens is 2. The van der Waals surface area contributed by atoms with Gasteiger partial charge in [0.25, 0.3) is 5.91 Å². The highest BCUT2D eigenvalue weighted by Crippen LogP contribution is 2.25. The van der Waals surface area contributed by atoms with Gasteiger partial charge < -0.3 is 19.2 Å². The molecule has 148 valence electrons. The van der Waals surface area contributed by atoms with Gasteiger partial charge in [0.2, 0.25) is 11.8 Å². The van der Waals surface area contributed by atoms with Gasteiger partial charge in [-0.25, -0.2) is 4.79 Å². The van der Waals surface area contributed by atoms with Crippen molar-refractivity contribution in [3.8, 4) is 22.9 Å². The molecular weight excluding hydrogens is 374 g/mol. The molecule has 2 aromatic carbocycles. The number of aliphatic carboxylic acids is 1. The highest BCUT2D eigenvalue weighted by molar-refractivity contribution is 5.97. The maximum absolute atomic E-state index is 12.7. The van der Waals surface area contributed by atoms with Crippen LogP contribution in [0.1, 0.15) is 15.9 Å². The van der Waals surface area contributed by atoms with Crippen LogP contribution in [-0.2, 0) is 9.53 Å². The van der Waals surface area contributed by atoms with Gasteiger partial charge in [-0.15, -0.1) is 10.2 Å². The molecule has 1 aliphatic rings. The summed E-state index contributed by atoms with van der Waals surface area (Å²) >= 11 is 0. The molecule has 1 fully saturated rings. The molecular formula is C21H19N3O5. The molecule has 1 atom stereocenters. The molecule has 0 radical (unpaired) electrons. The second kappa shape index (κ2) is 7.84. The van der Waals surface area contributed by atoms with Crippen LogP contribution in [0.5, 0.6) is 0 Å². The molecule has 1 amide bonds. The number of benzene rings is 2. The summed E-state index contributed by atoms with van der Waals surface area (Å²) in [5.74, 6) is -0.672. The quantitative estimate of drug-likeness (QED) is 0.726. The van der Waals surface area contributed by atoms with Crippen LogP contribution in [0.25, 0.3) is 22.9 Å². The first-order valence-corrected chi connectivity index (χ1v) is 9.15. The van der Waals surface area contributed by atoms with E-state index in [-0.39, 0.29) is 19.1 Å². The highest BCUT2D eigenvalue weighted by Gasteiger charge is 2.33. The Hall–Kier alpha value is -3.52. The Kier molecular flexibility index (Phi) is 5.09. The molecule has 2 heterocycles. The SMILES string of the molecule is Cc1ccc(-c2nnc(-c3ccc(C(=O)N4CCOCC4C(=O)O)cc3)o2)cc1. The summed E-state index contributed by atoms with van der Waals surface area (Å²) in [6.45, 7) is 2.54. The van der Waals surface area contributed by atoms with Crippen LogP contribution in [-0.4, -0.2) is 57.9 Å². The number of carboxylic acids is 1. The number of carbonyl (C=O) groups is 2. The number of ether oxygens (including phenoxy) is 1. The van der Waals surface area contributed by atoms with E-state index in [0.717, 1.165) is 11.1 Å². The Balaban J connectivity index is 1.53. The zero-order chi connectivity index (χ0) is 20.4. The first kappa shape index (κ1) is 18.8. The first-order chi connectivity index (χ1) is 14.0. The van der Waals surface area contributed by atoms with Gasteiger partial charge in [0.15, 0.2) is 6.04 Å². The number of amides is 1. The van der Waals surface area contributed by atoms with E-state index in [9.17, 15) is 14.7 Å². The number of carboxylic acid groups (broad SMARTS) is 1. The van der Waals surface area contributed by atoms with Crippen molar-refractivity contribution in [3.63, 3.8) is 0 Å². The van der Waals surface area contributed by atoms with E-state index in [0.29, 0.717) is 29.5 Å². The number of hydrogen-bond acceptors (Lipinski definition) is 6. The van der Waals surface area contributed by atoms with E-state index in [1.165, 1.54) is 4.90 Å². The van der Waals surface area contributed by atoms with Gasteiger partial charge >= 0.3 is 5.97 Å². The normalized spacial score (nSPS) is 16.6. The van der Waals surface area contributed by atoms with Crippen LogP contribution < -0.4 is 0 Å². The van der Waals surface area contributed by atoms with Crippen LogP contribution in [0.2, 0.25) is 0 Å². The van der Waals surface area contributed by atoms with Crippen molar-refractivity contribution in [1.29, 1.82) is 0 Å². The van der Waals surface area contributed by atoms with Gasteiger partial charge in [0, 0.05) is 23.2 Å². The molecule has 8 nitrogen and oxygen atoms in total. The van der Waals surface area contributed by atoms with E-state index in [1.807, 2.05) is 31.2 Å². The fraction of sp³-hybridized carbons (Fsp3) is 0.238. The topological polar surface area (TPSA) is 106 Å². The van der Waals surface area contributed by atoms with E-state index in [4.69, 9.17) is 9.15 Å². The second-order valence-corrected chi connectivity index (χ2v) is 6.78. The lowest BCUT2D eigenvalue weighted by Gasteiger charge is -2.32. The van der Waals surface area contributed by atoms with Gasteiger partial charge in [-0.05, 0) is 43.3 Å². The van der Waals surface area contributed by atoms with Gasteiger partial charge in [-0.2, -0.15) is 0 Å². The highest BCUT2D eigenvalue weighted by atomic mass is 16.5. The van der Waals surface area contributed by atoms with Crippen LogP contribution >= 0.6 is 0 Å². The molecule has 1 unspecified atom stereocenters. The minimum Gasteiger partial charge on any atom is -0.480 e. The molecule has 0 saturated carbocycles. The lowest BCUT2D eigenvalue weighted by molar-refractivity contribution is -0.147. The van der Waals surface area contributed by atoms with Crippen molar-refractivity contribution in [2.45, 2.75) is 13.0 Å². The van der Waals surface area contributed by atoms with Gasteiger partial charge in [0.05, 0.1) is 13.2 Å². The van der Waals surface area contributed by atoms with Crippen molar-refractivity contribution in [3.05, 3.63) is 59.7 Å². The zero-order valence-corrected chi connectivity index (χ0v) is 15.7. The van der Waals surface area contributed by atoms with Crippen molar-refractivity contribution in [2.24, 2.45) is 0 Å². The second-order valence-electron chi connectivity index (χ2n) is 6.78. The number of carbonyl (C=O) groups excluding carboxylic acids is 1. The summed E-state index contributed by atoms with van der Waals surface area (Å²) in [5, 5.41) is 17.5. The predicted molar refractivity (Wildman–Crippen MR) is 103 cm³/mol. The van der Waals surface area contributed by atoms with Crippen LogP contribution in [0.4, 0.5) is 0 Å². The number of morpholine rings is 1. The molecule has 1 aromatic heterocycles. The smallest absolute Gasteiger partial charge is 0.328 e. The van der Waals surface area contributed by atoms with Crippen LogP contribution in [0, 0.1) is 6.92 Å². The minimum atomic E-state index is -1.08. The monoisotopic (exact) mass is 393 g/mol. The number of nitrogens with zero attached hydrogens (tertiary/aromatic N) is 3. The van der Waals surface area contributed by atoms with Gasteiger partial charge in [-0.3, -0.25) is 4.79 Å². The number of aryl methyl sites for hydroxylation is 1. The van der Waals surface area contributed by atoms with E-state index in [1.54, 1.807) is 24.3 Å². The third-order valence-electron chi connectivity index (χ3n) is 4.78. The fourth-order valence-corrected chi connectivity index (χ4v) is 3.13. The van der Waals surface area contributed by atoms with Crippen LogP contribution in [0.15, 0.2) is 52.9 Å². The largest absolute Gasteiger partial charge is 0.480 e. The summed E-state index contributed by atoms with van der Waals surface area (Å²) < 4.78 is 10.9. The summed E-state index contributed by atoms with van der Waals surface area (Å²) in [6.07, 6.45) is 0. The third kappa shape index (κ3) is 3.88. The molecule has 3 aromatic rings. The van der Waals surface area contributed by atoms with Crippen molar-refractivity contribution in [2.75, 3.05) is 19.8 Å². The van der Waals surface area contributed by atoms with Gasteiger partial charge in [0.1, 0.15) is 0 Å². The molecule has 0 aliphatic carbocycles. The standard InChI is InChI=1S/C21H19N3O5/c1-13-2-4-14(5-3-13)18-22-23-19(29-18)15-6-8-16(9-7-15)20(25)24-10-11-28-12-17(24)21(26)27/h2-9,17H,10-12H2,1H3,(H,26,27). The maximum atomic E-state index is 12.7. The van der Waals surface area contributed by atoms with Crippen LogP contribution in [0.3, 0.4) is 0 Å². The number of rotatable bonds is 4. The molecule has 29 heavy (non-hydrogen) atoms. The summed E-state index contributed by atoms with van der Waals surface area (Å²) in [5.41, 5.74) is 3.02. The predicted octanol–water partition coefficient (Wildman–Crippen LogP) is 2.64. The zero-order valence-electron chi connectivity index (χ0n) is 15.7. The third-order valence-corrected chi connectivity index (χ3v) is 4.78. The van der Waals surface area contributed by atoms with Crippen molar-refractivity contribution in [1.82, 2.24) is 15.1 Å². The molecule has 4 rings (SSSR count). The lowest BCUT2D eigenvalue weighted by atomic mass is 10.1. The number of hydrogen-bond donors (Lipinski definition) is 1. The summed E-state index contributed by atoms with van der Waals surface area (Å²) in [6, 6.07) is 13.4. The molecule has 1 aliphatic heterocycles. The first-order valence-electron chi connectivity index (χ1n) is 9.15. The maximum Gasteiger partial charge on any atom is 0.328 e. The average molecular weight is 393 g/mol. The van der Waals surface area contributed by atoms with Crippen molar-refractivity contribution < 1.29 is 23.8 Å². The lowest BCUT2D eigenvalue weighted by Crippen LogP contribution is -2.52. The average Bonchev–Trinajstić information content (AvgIpc) is 3.24. The molecule has 1 N–H and O–H groups in total. The fourth-order valence-electron chi connectivity index (χ4n) is 3.13. The molecule has 8 heteroatoms. The van der Waals surface area contributed by atoms with Gasteiger partial charge in [-0.1, -0.05) is 17.7 Å². The Morgan fingerprint density at radius 1 is 1.00 bits per heavy atom.